The van der Waals surface area contributed by atoms with Crippen molar-refractivity contribution in [3.8, 4) is 0 Å². The van der Waals surface area contributed by atoms with Crippen molar-refractivity contribution in [2.24, 2.45) is 0 Å². The number of amides is 1. The summed E-state index contributed by atoms with van der Waals surface area (Å²) in [5, 5.41) is 2.12. The summed E-state index contributed by atoms with van der Waals surface area (Å²) in [6.45, 7) is 2.48. The van der Waals surface area contributed by atoms with Crippen molar-refractivity contribution in [1.29, 1.82) is 0 Å². The number of hydrogen-bond donors (Lipinski definition) is 1. The number of aryl methyl sites for hydroxylation is 1. The fourth-order valence-corrected chi connectivity index (χ4v) is 4.24. The highest BCUT2D eigenvalue weighted by atomic mass is 32.2. The van der Waals surface area contributed by atoms with Gasteiger partial charge in [-0.05, 0) is 37.6 Å². The lowest BCUT2D eigenvalue weighted by Gasteiger charge is -2.16. The van der Waals surface area contributed by atoms with Gasteiger partial charge in [0.25, 0.3) is 10.0 Å². The molecule has 0 unspecified atom stereocenters. The number of aromatic nitrogens is 1. The Labute approximate surface area is 132 Å². The number of hydrogen-bond acceptors (Lipinski definition) is 5. The first-order valence-electron chi connectivity index (χ1n) is 6.81. The molecule has 0 radical (unpaired) electrons. The maximum atomic E-state index is 12.3. The first-order chi connectivity index (χ1) is 10.5. The molecule has 0 spiro atoms. The number of sulfonamides is 1. The average Bonchev–Trinajstić information content (AvgIpc) is 3.07. The molecule has 1 saturated heterocycles. The van der Waals surface area contributed by atoms with Crippen LogP contribution in [0, 0.1) is 6.92 Å². The second-order valence-corrected chi connectivity index (χ2v) is 7.58. The molecule has 0 saturated carbocycles. The van der Waals surface area contributed by atoms with Crippen LogP contribution in [0.1, 0.15) is 18.5 Å². The molecular weight excluding hydrogens is 322 g/mol. The molecule has 1 aliphatic heterocycles. The normalized spacial score (nSPS) is 15.3. The molecule has 2 heterocycles. The first-order valence-corrected chi connectivity index (χ1v) is 9.17. The number of anilines is 2. The largest absolute Gasteiger partial charge is 0.312 e. The number of rotatable bonds is 4. The van der Waals surface area contributed by atoms with E-state index >= 15 is 0 Å². The van der Waals surface area contributed by atoms with Crippen LogP contribution in [0.2, 0.25) is 0 Å². The molecule has 0 bridgehead atoms. The van der Waals surface area contributed by atoms with Gasteiger partial charge in [-0.15, -0.1) is 11.3 Å². The Morgan fingerprint density at radius 2 is 2.00 bits per heavy atom. The van der Waals surface area contributed by atoms with E-state index in [4.69, 9.17) is 0 Å². The van der Waals surface area contributed by atoms with Gasteiger partial charge in [0.05, 0.1) is 10.6 Å². The summed E-state index contributed by atoms with van der Waals surface area (Å²) in [7, 11) is -3.66. The lowest BCUT2D eigenvalue weighted by Crippen LogP contribution is -2.23. The van der Waals surface area contributed by atoms with Gasteiger partial charge < -0.3 is 4.90 Å². The van der Waals surface area contributed by atoms with Crippen molar-refractivity contribution in [2.45, 2.75) is 24.7 Å². The van der Waals surface area contributed by atoms with Crippen molar-refractivity contribution in [3.63, 3.8) is 0 Å². The van der Waals surface area contributed by atoms with E-state index in [1.165, 1.54) is 23.5 Å². The van der Waals surface area contributed by atoms with E-state index in [1.54, 1.807) is 29.3 Å². The third-order valence-corrected chi connectivity index (χ3v) is 5.73. The van der Waals surface area contributed by atoms with E-state index in [0.29, 0.717) is 18.1 Å². The molecule has 3 rings (SSSR count). The Balaban J connectivity index is 1.81. The monoisotopic (exact) mass is 337 g/mol. The molecule has 0 atom stereocenters. The second kappa shape index (κ2) is 5.69. The maximum Gasteiger partial charge on any atom is 0.263 e. The summed E-state index contributed by atoms with van der Waals surface area (Å²) in [6.07, 6.45) is 1.38. The van der Waals surface area contributed by atoms with Crippen molar-refractivity contribution < 1.29 is 13.2 Å². The molecule has 1 aromatic carbocycles. The fourth-order valence-electron chi connectivity index (χ4n) is 2.30. The Morgan fingerprint density at radius 1 is 1.27 bits per heavy atom. The van der Waals surface area contributed by atoms with E-state index in [1.807, 2.05) is 0 Å². The van der Waals surface area contributed by atoms with Gasteiger partial charge in [0.2, 0.25) is 5.91 Å². The van der Waals surface area contributed by atoms with Gasteiger partial charge in [-0.25, -0.2) is 13.4 Å². The van der Waals surface area contributed by atoms with Crippen LogP contribution in [0.5, 0.6) is 0 Å². The van der Waals surface area contributed by atoms with Crippen molar-refractivity contribution in [3.05, 3.63) is 35.3 Å². The SMILES string of the molecule is Cc1csc(NS(=O)(=O)c2ccc(N3CCCC3=O)cc2)n1. The molecule has 22 heavy (non-hydrogen) atoms. The topological polar surface area (TPSA) is 79.4 Å². The zero-order valence-corrected chi connectivity index (χ0v) is 13.6. The van der Waals surface area contributed by atoms with Gasteiger partial charge in [0.1, 0.15) is 0 Å². The lowest BCUT2D eigenvalue weighted by molar-refractivity contribution is -0.117. The van der Waals surface area contributed by atoms with E-state index in [0.717, 1.165) is 17.8 Å². The Bertz CT molecular complexity index is 797. The standard InChI is InChI=1S/C14H15N3O3S2/c1-10-9-21-14(15-10)16-22(19,20)12-6-4-11(5-7-12)17-8-2-3-13(17)18/h4-7,9H,2-3,8H2,1H3,(H,15,16). The van der Waals surface area contributed by atoms with E-state index in [-0.39, 0.29) is 10.8 Å². The summed E-state index contributed by atoms with van der Waals surface area (Å²) in [4.78, 5) is 17.6. The molecule has 0 aliphatic carbocycles. The molecule has 1 fully saturated rings. The van der Waals surface area contributed by atoms with Crippen LogP contribution in [-0.4, -0.2) is 25.9 Å². The Morgan fingerprint density at radius 3 is 2.55 bits per heavy atom. The van der Waals surface area contributed by atoms with Crippen molar-refractivity contribution in [2.75, 3.05) is 16.2 Å². The van der Waals surface area contributed by atoms with E-state index < -0.39 is 10.0 Å². The average molecular weight is 337 g/mol. The molecule has 1 N–H and O–H groups in total. The minimum absolute atomic E-state index is 0.0759. The minimum Gasteiger partial charge on any atom is -0.312 e. The number of nitrogens with zero attached hydrogens (tertiary/aromatic N) is 2. The van der Waals surface area contributed by atoms with Gasteiger partial charge in [-0.3, -0.25) is 9.52 Å². The number of thiazole rings is 1. The predicted octanol–water partition coefficient (Wildman–Crippen LogP) is 2.38. The summed E-state index contributed by atoms with van der Waals surface area (Å²) in [6, 6.07) is 6.32. The van der Waals surface area contributed by atoms with Gasteiger partial charge in [-0.2, -0.15) is 0 Å². The van der Waals surface area contributed by atoms with Gasteiger partial charge in [-0.1, -0.05) is 0 Å². The van der Waals surface area contributed by atoms with Gasteiger partial charge >= 0.3 is 0 Å². The summed E-state index contributed by atoms with van der Waals surface area (Å²) < 4.78 is 27.0. The highest BCUT2D eigenvalue weighted by molar-refractivity contribution is 7.93. The zero-order valence-electron chi connectivity index (χ0n) is 11.9. The van der Waals surface area contributed by atoms with Crippen LogP contribution in [0.15, 0.2) is 34.5 Å². The Hall–Kier alpha value is -1.93. The van der Waals surface area contributed by atoms with Gasteiger partial charge in [0, 0.05) is 24.0 Å². The number of nitrogens with one attached hydrogen (secondary N) is 1. The third-order valence-electron chi connectivity index (χ3n) is 3.37. The summed E-state index contributed by atoms with van der Waals surface area (Å²) in [5.41, 5.74) is 1.50. The molecule has 6 nitrogen and oxygen atoms in total. The highest BCUT2D eigenvalue weighted by Crippen LogP contribution is 2.24. The molecule has 2 aromatic rings. The van der Waals surface area contributed by atoms with Crippen LogP contribution in [0.3, 0.4) is 0 Å². The Kier molecular flexibility index (Phi) is 3.88. The molecule has 8 heteroatoms. The lowest BCUT2D eigenvalue weighted by atomic mass is 10.3. The smallest absolute Gasteiger partial charge is 0.263 e. The highest BCUT2D eigenvalue weighted by Gasteiger charge is 2.22. The first kappa shape index (κ1) is 15.0. The van der Waals surface area contributed by atoms with Crippen LogP contribution < -0.4 is 9.62 Å². The number of carbonyl (C=O) groups is 1. The number of carbonyl (C=O) groups excluding carboxylic acids is 1. The molecule has 1 aromatic heterocycles. The predicted molar refractivity (Wildman–Crippen MR) is 85.7 cm³/mol. The molecule has 116 valence electrons. The minimum atomic E-state index is -3.66. The molecule has 1 aliphatic rings. The van der Waals surface area contributed by atoms with Gasteiger partial charge in [0.15, 0.2) is 5.13 Å². The van der Waals surface area contributed by atoms with Crippen LogP contribution in [0.4, 0.5) is 10.8 Å². The fraction of sp³-hybridized carbons (Fsp3) is 0.286. The molecular formula is C14H15N3O3S2. The number of benzene rings is 1. The second-order valence-electron chi connectivity index (χ2n) is 5.04. The zero-order chi connectivity index (χ0) is 15.7. The van der Waals surface area contributed by atoms with Crippen molar-refractivity contribution in [1.82, 2.24) is 4.98 Å². The van der Waals surface area contributed by atoms with E-state index in [2.05, 4.69) is 9.71 Å². The van der Waals surface area contributed by atoms with Crippen LogP contribution >= 0.6 is 11.3 Å². The summed E-state index contributed by atoms with van der Waals surface area (Å²) in [5.74, 6) is 0.0759. The maximum absolute atomic E-state index is 12.3. The van der Waals surface area contributed by atoms with Crippen LogP contribution in [0.25, 0.3) is 0 Å². The van der Waals surface area contributed by atoms with Crippen molar-refractivity contribution >= 4 is 38.1 Å². The summed E-state index contributed by atoms with van der Waals surface area (Å²) >= 11 is 1.24. The van der Waals surface area contributed by atoms with E-state index in [9.17, 15) is 13.2 Å². The quantitative estimate of drug-likeness (QED) is 0.929. The van der Waals surface area contributed by atoms with Crippen LogP contribution in [-0.2, 0) is 14.8 Å². The molecule has 1 amide bonds. The third kappa shape index (κ3) is 2.97.